The predicted octanol–water partition coefficient (Wildman–Crippen LogP) is 3.86. The van der Waals surface area contributed by atoms with Crippen LogP contribution in [0.15, 0.2) is 59.4 Å². The molecule has 31 heavy (non-hydrogen) atoms. The van der Waals surface area contributed by atoms with Gasteiger partial charge in [-0.2, -0.15) is 13.7 Å². The fourth-order valence-corrected chi connectivity index (χ4v) is 4.82. The van der Waals surface area contributed by atoms with Gasteiger partial charge in [-0.25, -0.2) is 4.98 Å². The average molecular weight is 450 g/mol. The second-order valence-corrected chi connectivity index (χ2v) is 8.75. The summed E-state index contributed by atoms with van der Waals surface area (Å²) in [6.07, 6.45) is 0. The van der Waals surface area contributed by atoms with E-state index in [-0.39, 0.29) is 16.3 Å². The van der Waals surface area contributed by atoms with Crippen molar-refractivity contribution in [1.82, 2.24) is 9.97 Å². The highest BCUT2D eigenvalue weighted by Gasteiger charge is 2.26. The maximum absolute atomic E-state index is 11.9. The number of fused-ring (bicyclic) bond motifs is 2. The highest BCUT2D eigenvalue weighted by atomic mass is 35.5. The molecule has 0 saturated heterocycles. The van der Waals surface area contributed by atoms with E-state index in [9.17, 15) is 18.5 Å². The summed E-state index contributed by atoms with van der Waals surface area (Å²) in [5, 5.41) is 10.2. The molecule has 0 saturated carbocycles. The number of nitrogens with zero attached hydrogens (tertiary/aromatic N) is 2. The molecule has 1 aliphatic rings. The number of benzene rings is 2. The van der Waals surface area contributed by atoms with E-state index in [1.807, 2.05) is 6.07 Å². The summed E-state index contributed by atoms with van der Waals surface area (Å²) < 4.78 is 28.6. The topological polar surface area (TPSA) is 128 Å². The monoisotopic (exact) mass is 449 g/mol. The van der Waals surface area contributed by atoms with E-state index < -0.39 is 10.2 Å². The molecule has 0 fully saturated rings. The Balaban J connectivity index is 1.81. The summed E-state index contributed by atoms with van der Waals surface area (Å²) in [5.41, 5.74) is 3.60. The van der Waals surface area contributed by atoms with Gasteiger partial charge in [-0.05, 0) is 42.0 Å². The molecule has 0 bridgehead atoms. The van der Waals surface area contributed by atoms with Gasteiger partial charge < -0.3 is 4.98 Å². The molecule has 0 unspecified atom stereocenters. The maximum Gasteiger partial charge on any atom is 0.321 e. The molecule has 0 aliphatic carbocycles. The highest BCUT2D eigenvalue weighted by molar-refractivity contribution is 7.94. The van der Waals surface area contributed by atoms with Crippen molar-refractivity contribution in [1.29, 1.82) is 5.26 Å². The Bertz CT molecular complexity index is 1610. The van der Waals surface area contributed by atoms with Crippen molar-refractivity contribution in [3.05, 3.63) is 75.5 Å². The Kier molecular flexibility index (Phi) is 4.22. The minimum atomic E-state index is -3.71. The minimum Gasteiger partial charge on any atom is -0.307 e. The lowest BCUT2D eigenvalue weighted by Gasteiger charge is -2.13. The van der Waals surface area contributed by atoms with Crippen LogP contribution < -0.4 is 15.0 Å². The van der Waals surface area contributed by atoms with E-state index in [1.54, 1.807) is 42.5 Å². The van der Waals surface area contributed by atoms with Crippen LogP contribution >= 0.6 is 11.6 Å². The van der Waals surface area contributed by atoms with Crippen LogP contribution in [0.4, 0.5) is 11.4 Å². The van der Waals surface area contributed by atoms with Crippen LogP contribution in [0.3, 0.4) is 0 Å². The van der Waals surface area contributed by atoms with Gasteiger partial charge in [0.05, 0.1) is 33.7 Å². The number of rotatable bonds is 2. The number of aromatic amines is 1. The molecule has 0 atom stereocenters. The van der Waals surface area contributed by atoms with Crippen molar-refractivity contribution in [3.63, 3.8) is 0 Å². The Morgan fingerprint density at radius 2 is 1.84 bits per heavy atom. The summed E-state index contributed by atoms with van der Waals surface area (Å²) in [6.45, 7) is 0. The number of nitriles is 1. The predicted molar refractivity (Wildman–Crippen MR) is 119 cm³/mol. The number of nitrogens with one attached hydrogen (secondary N) is 3. The lowest BCUT2D eigenvalue weighted by molar-refractivity contribution is 0.607. The number of H-pyrrole nitrogens is 1. The van der Waals surface area contributed by atoms with Gasteiger partial charge in [0.2, 0.25) is 5.56 Å². The van der Waals surface area contributed by atoms with Gasteiger partial charge in [0.1, 0.15) is 5.65 Å². The smallest absolute Gasteiger partial charge is 0.307 e. The third-order valence-electron chi connectivity index (χ3n) is 4.85. The van der Waals surface area contributed by atoms with Crippen LogP contribution in [-0.2, 0) is 10.2 Å². The molecule has 4 aromatic rings. The largest absolute Gasteiger partial charge is 0.321 e. The molecule has 8 nitrogen and oxygen atoms in total. The van der Waals surface area contributed by atoms with Gasteiger partial charge >= 0.3 is 10.2 Å². The molecule has 3 N–H and O–H groups in total. The van der Waals surface area contributed by atoms with Gasteiger partial charge in [-0.3, -0.25) is 14.2 Å². The van der Waals surface area contributed by atoms with Gasteiger partial charge in [0, 0.05) is 22.6 Å². The van der Waals surface area contributed by atoms with Crippen molar-refractivity contribution in [3.8, 4) is 28.5 Å². The van der Waals surface area contributed by atoms with Crippen molar-refractivity contribution < 1.29 is 8.42 Å². The quantitative estimate of drug-likeness (QED) is 0.428. The Labute approximate surface area is 181 Å². The standard InChI is InChI=1S/C21H12ClN5O3S/c22-16-8-14(9-17-20(16)27-31(29,30)26-17)15-7-13-4-5-18(28)24-21(13)25-19(15)12-3-1-2-11(6-12)10-23/h1-9,26-27H,(H,24,25,28). The molecule has 2 aromatic heterocycles. The Morgan fingerprint density at radius 3 is 2.65 bits per heavy atom. The van der Waals surface area contributed by atoms with E-state index in [1.165, 1.54) is 6.07 Å². The lowest BCUT2D eigenvalue weighted by Crippen LogP contribution is -2.12. The van der Waals surface area contributed by atoms with Crippen molar-refractivity contribution >= 4 is 44.2 Å². The average Bonchev–Trinajstić information content (AvgIpc) is 3.07. The number of hydrogen-bond acceptors (Lipinski definition) is 5. The number of anilines is 2. The summed E-state index contributed by atoms with van der Waals surface area (Å²) in [4.78, 5) is 19.2. The molecule has 10 heteroatoms. The number of hydrogen-bond donors (Lipinski definition) is 3. The van der Waals surface area contributed by atoms with Crippen molar-refractivity contribution in [2.24, 2.45) is 0 Å². The molecule has 0 spiro atoms. The van der Waals surface area contributed by atoms with Crippen LogP contribution in [0.2, 0.25) is 5.02 Å². The second kappa shape index (κ2) is 6.84. The Hall–Kier alpha value is -3.87. The summed E-state index contributed by atoms with van der Waals surface area (Å²) in [6, 6.07) is 17.2. The normalized spacial score (nSPS) is 13.8. The number of halogens is 1. The first-order chi connectivity index (χ1) is 14.8. The SMILES string of the molecule is N#Cc1cccc(-c2nc3[nH]c(=O)ccc3cc2-c2cc(Cl)c3c(c2)NS(=O)(=O)N3)c1. The molecule has 2 aromatic carbocycles. The minimum absolute atomic E-state index is 0.222. The lowest BCUT2D eigenvalue weighted by atomic mass is 9.96. The van der Waals surface area contributed by atoms with Gasteiger partial charge in [-0.15, -0.1) is 0 Å². The molecule has 0 radical (unpaired) electrons. The molecule has 0 amide bonds. The zero-order chi connectivity index (χ0) is 21.8. The van der Waals surface area contributed by atoms with Crippen LogP contribution in [0, 0.1) is 11.3 Å². The van der Waals surface area contributed by atoms with Crippen LogP contribution in [-0.4, -0.2) is 18.4 Å². The third-order valence-corrected chi connectivity index (χ3v) is 6.11. The zero-order valence-electron chi connectivity index (χ0n) is 15.6. The zero-order valence-corrected chi connectivity index (χ0v) is 17.2. The van der Waals surface area contributed by atoms with E-state index in [0.717, 1.165) is 0 Å². The second-order valence-electron chi connectivity index (χ2n) is 6.93. The molecule has 5 rings (SSSR count). The van der Waals surface area contributed by atoms with E-state index in [4.69, 9.17) is 11.6 Å². The first kappa shape index (κ1) is 19.1. The van der Waals surface area contributed by atoms with Gasteiger partial charge in [0.15, 0.2) is 0 Å². The van der Waals surface area contributed by atoms with Crippen molar-refractivity contribution in [2.45, 2.75) is 0 Å². The summed E-state index contributed by atoms with van der Waals surface area (Å²) in [7, 11) is -3.71. The fourth-order valence-electron chi connectivity index (χ4n) is 3.51. The van der Waals surface area contributed by atoms with Crippen LogP contribution in [0.1, 0.15) is 5.56 Å². The molecular weight excluding hydrogens is 438 g/mol. The third kappa shape index (κ3) is 3.38. The molecule has 152 valence electrons. The number of pyridine rings is 2. The maximum atomic E-state index is 11.9. The van der Waals surface area contributed by atoms with Crippen molar-refractivity contribution in [2.75, 3.05) is 9.44 Å². The Morgan fingerprint density at radius 1 is 1.00 bits per heavy atom. The highest BCUT2D eigenvalue weighted by Crippen LogP contribution is 2.42. The van der Waals surface area contributed by atoms with E-state index in [2.05, 4.69) is 25.5 Å². The van der Waals surface area contributed by atoms with E-state index >= 15 is 0 Å². The van der Waals surface area contributed by atoms with E-state index in [0.29, 0.717) is 44.7 Å². The molecule has 3 heterocycles. The molecular formula is C21H12ClN5O3S. The first-order valence-electron chi connectivity index (χ1n) is 9.02. The number of aromatic nitrogens is 2. The van der Waals surface area contributed by atoms with Gasteiger partial charge in [0.25, 0.3) is 0 Å². The van der Waals surface area contributed by atoms with Crippen LogP contribution in [0.25, 0.3) is 33.4 Å². The first-order valence-corrected chi connectivity index (χ1v) is 10.9. The fraction of sp³-hybridized carbons (Fsp3) is 0. The summed E-state index contributed by atoms with van der Waals surface area (Å²) in [5.74, 6) is 0. The van der Waals surface area contributed by atoms with Crippen LogP contribution in [0.5, 0.6) is 0 Å². The summed E-state index contributed by atoms with van der Waals surface area (Å²) >= 11 is 6.36. The van der Waals surface area contributed by atoms with Gasteiger partial charge in [-0.1, -0.05) is 23.7 Å². The molecule has 1 aliphatic heterocycles.